The first-order chi connectivity index (χ1) is 13.4. The number of nitrogens with one attached hydrogen (secondary N) is 2. The molecule has 1 heterocycles. The lowest BCUT2D eigenvalue weighted by atomic mass is 10.1. The number of benzene rings is 1. The monoisotopic (exact) mass is 388 g/mol. The van der Waals surface area contributed by atoms with Crippen LogP contribution in [0.4, 0.5) is 0 Å². The van der Waals surface area contributed by atoms with Crippen molar-refractivity contribution in [2.75, 3.05) is 45.8 Å². The smallest absolute Gasteiger partial charge is 0.251 e. The maximum Gasteiger partial charge on any atom is 0.251 e. The number of carbonyl (C=O) groups is 3. The Bertz CT molecular complexity index is 677. The van der Waals surface area contributed by atoms with E-state index in [4.69, 9.17) is 0 Å². The number of rotatable bonds is 8. The molecule has 0 spiro atoms. The van der Waals surface area contributed by atoms with Crippen LogP contribution in [0.15, 0.2) is 18.2 Å². The van der Waals surface area contributed by atoms with Crippen LogP contribution < -0.4 is 10.6 Å². The largest absolute Gasteiger partial charge is 0.355 e. The van der Waals surface area contributed by atoms with E-state index in [1.165, 1.54) is 0 Å². The summed E-state index contributed by atoms with van der Waals surface area (Å²) in [7, 11) is 0. The fourth-order valence-electron chi connectivity index (χ4n) is 3.29. The van der Waals surface area contributed by atoms with Gasteiger partial charge in [0.15, 0.2) is 0 Å². The predicted octanol–water partition coefficient (Wildman–Crippen LogP) is 1.09. The van der Waals surface area contributed by atoms with E-state index in [2.05, 4.69) is 22.5 Å². The van der Waals surface area contributed by atoms with Gasteiger partial charge < -0.3 is 15.5 Å². The van der Waals surface area contributed by atoms with Crippen molar-refractivity contribution in [2.24, 2.45) is 0 Å². The molecule has 1 aliphatic rings. The quantitative estimate of drug-likeness (QED) is 0.654. The van der Waals surface area contributed by atoms with Gasteiger partial charge in [-0.2, -0.15) is 0 Å². The van der Waals surface area contributed by atoms with Gasteiger partial charge >= 0.3 is 0 Å². The Kier molecular flexibility index (Phi) is 8.44. The standard InChI is InChI=1S/C21H32N4O3/c1-4-5-6-22-19(26)15-24-7-9-25(10-8-24)20(27)14-23-21(28)18-12-16(2)11-17(3)13-18/h11-13H,4-10,14-15H2,1-3H3,(H,22,26)(H,23,28). The molecule has 7 heteroatoms. The fraction of sp³-hybridized carbons (Fsp3) is 0.571. The van der Waals surface area contributed by atoms with Gasteiger partial charge in [0.1, 0.15) is 0 Å². The summed E-state index contributed by atoms with van der Waals surface area (Å²) in [5.74, 6) is -0.291. The zero-order chi connectivity index (χ0) is 20.5. The average Bonchev–Trinajstić information content (AvgIpc) is 2.66. The van der Waals surface area contributed by atoms with E-state index in [1.807, 2.05) is 32.0 Å². The van der Waals surface area contributed by atoms with Crippen LogP contribution in [0.25, 0.3) is 0 Å². The van der Waals surface area contributed by atoms with E-state index in [1.54, 1.807) is 4.90 Å². The summed E-state index contributed by atoms with van der Waals surface area (Å²) >= 11 is 0. The molecule has 1 aromatic rings. The molecule has 2 N–H and O–H groups in total. The molecule has 0 aromatic heterocycles. The van der Waals surface area contributed by atoms with Crippen LogP contribution in [0, 0.1) is 13.8 Å². The Morgan fingerprint density at radius 2 is 1.61 bits per heavy atom. The van der Waals surface area contributed by atoms with Crippen molar-refractivity contribution in [1.29, 1.82) is 0 Å². The highest BCUT2D eigenvalue weighted by atomic mass is 16.2. The molecule has 7 nitrogen and oxygen atoms in total. The minimum absolute atomic E-state index is 0.0106. The second-order valence-corrected chi connectivity index (χ2v) is 7.42. The molecule has 0 radical (unpaired) electrons. The Balaban J connectivity index is 1.71. The van der Waals surface area contributed by atoms with Crippen LogP contribution in [0.5, 0.6) is 0 Å². The summed E-state index contributed by atoms with van der Waals surface area (Å²) in [6.07, 6.45) is 2.04. The lowest BCUT2D eigenvalue weighted by Gasteiger charge is -2.34. The molecular formula is C21H32N4O3. The number of carbonyl (C=O) groups excluding carboxylic acids is 3. The molecule has 2 rings (SSSR count). The van der Waals surface area contributed by atoms with Crippen LogP contribution in [-0.4, -0.2) is 73.3 Å². The minimum atomic E-state index is -0.234. The van der Waals surface area contributed by atoms with Gasteiger partial charge in [0.05, 0.1) is 13.1 Å². The number of amides is 3. The van der Waals surface area contributed by atoms with Crippen molar-refractivity contribution >= 4 is 17.7 Å². The van der Waals surface area contributed by atoms with Crippen molar-refractivity contribution in [3.05, 3.63) is 34.9 Å². The molecule has 0 unspecified atom stereocenters. The highest BCUT2D eigenvalue weighted by molar-refractivity contribution is 5.96. The topological polar surface area (TPSA) is 81.8 Å². The van der Waals surface area contributed by atoms with E-state index >= 15 is 0 Å². The average molecular weight is 389 g/mol. The van der Waals surface area contributed by atoms with Gasteiger partial charge in [-0.1, -0.05) is 30.5 Å². The summed E-state index contributed by atoms with van der Waals surface area (Å²) < 4.78 is 0. The maximum atomic E-state index is 12.4. The number of hydrogen-bond donors (Lipinski definition) is 2. The molecule has 3 amide bonds. The van der Waals surface area contributed by atoms with E-state index in [9.17, 15) is 14.4 Å². The summed E-state index contributed by atoms with van der Waals surface area (Å²) in [5, 5.41) is 5.63. The molecule has 0 aliphatic carbocycles. The zero-order valence-corrected chi connectivity index (χ0v) is 17.2. The third-order valence-electron chi connectivity index (χ3n) is 4.83. The lowest BCUT2D eigenvalue weighted by Crippen LogP contribution is -2.53. The van der Waals surface area contributed by atoms with Crippen molar-refractivity contribution in [1.82, 2.24) is 20.4 Å². The number of nitrogens with zero attached hydrogens (tertiary/aromatic N) is 2. The van der Waals surface area contributed by atoms with Gasteiger partial charge in [0.25, 0.3) is 5.91 Å². The molecule has 1 aromatic carbocycles. The van der Waals surface area contributed by atoms with E-state index in [0.717, 1.165) is 24.0 Å². The number of hydrogen-bond acceptors (Lipinski definition) is 4. The van der Waals surface area contributed by atoms with E-state index in [-0.39, 0.29) is 24.3 Å². The normalized spacial score (nSPS) is 14.6. The highest BCUT2D eigenvalue weighted by Gasteiger charge is 2.22. The third kappa shape index (κ3) is 6.96. The molecule has 28 heavy (non-hydrogen) atoms. The van der Waals surface area contributed by atoms with Gasteiger partial charge in [0, 0.05) is 38.3 Å². The summed E-state index contributed by atoms with van der Waals surface area (Å²) in [6, 6.07) is 5.64. The van der Waals surface area contributed by atoms with Crippen molar-refractivity contribution in [3.63, 3.8) is 0 Å². The van der Waals surface area contributed by atoms with Crippen LogP contribution in [-0.2, 0) is 9.59 Å². The first-order valence-electron chi connectivity index (χ1n) is 10.0. The molecule has 1 aliphatic heterocycles. The Hall–Kier alpha value is -2.41. The second kappa shape index (κ2) is 10.8. The van der Waals surface area contributed by atoms with Crippen molar-refractivity contribution in [2.45, 2.75) is 33.6 Å². The Morgan fingerprint density at radius 3 is 2.21 bits per heavy atom. The predicted molar refractivity (Wildman–Crippen MR) is 109 cm³/mol. The maximum absolute atomic E-state index is 12.4. The number of piperazine rings is 1. The van der Waals surface area contributed by atoms with E-state index < -0.39 is 0 Å². The third-order valence-corrected chi connectivity index (χ3v) is 4.83. The second-order valence-electron chi connectivity index (χ2n) is 7.42. The molecule has 154 valence electrons. The first-order valence-corrected chi connectivity index (χ1v) is 10.0. The molecule has 0 bridgehead atoms. The Morgan fingerprint density at radius 1 is 0.964 bits per heavy atom. The van der Waals surface area contributed by atoms with Gasteiger partial charge in [-0.05, 0) is 32.4 Å². The molecule has 1 saturated heterocycles. The van der Waals surface area contributed by atoms with Gasteiger partial charge in [-0.15, -0.1) is 0 Å². The van der Waals surface area contributed by atoms with Crippen LogP contribution in [0.2, 0.25) is 0 Å². The molecule has 0 atom stereocenters. The Labute approximate surface area is 167 Å². The van der Waals surface area contributed by atoms with Crippen LogP contribution in [0.1, 0.15) is 41.3 Å². The SMILES string of the molecule is CCCCNC(=O)CN1CCN(C(=O)CNC(=O)c2cc(C)cc(C)c2)CC1. The van der Waals surface area contributed by atoms with Crippen molar-refractivity contribution < 1.29 is 14.4 Å². The zero-order valence-electron chi connectivity index (χ0n) is 17.2. The summed E-state index contributed by atoms with van der Waals surface area (Å²) in [4.78, 5) is 40.3. The fourth-order valence-corrected chi connectivity index (χ4v) is 3.29. The number of unbranched alkanes of at least 4 members (excludes halogenated alkanes) is 1. The first kappa shape index (κ1) is 21.9. The van der Waals surface area contributed by atoms with Gasteiger partial charge in [-0.25, -0.2) is 0 Å². The van der Waals surface area contributed by atoms with Crippen LogP contribution in [0.3, 0.4) is 0 Å². The summed E-state index contributed by atoms with van der Waals surface area (Å²) in [5.41, 5.74) is 2.61. The molecular weight excluding hydrogens is 356 g/mol. The van der Waals surface area contributed by atoms with E-state index in [0.29, 0.717) is 44.8 Å². The summed E-state index contributed by atoms with van der Waals surface area (Å²) in [6.45, 7) is 9.52. The van der Waals surface area contributed by atoms with Gasteiger partial charge in [-0.3, -0.25) is 19.3 Å². The van der Waals surface area contributed by atoms with Crippen LogP contribution >= 0.6 is 0 Å². The number of aryl methyl sites for hydroxylation is 2. The molecule has 1 fully saturated rings. The molecule has 0 saturated carbocycles. The lowest BCUT2D eigenvalue weighted by molar-refractivity contribution is -0.132. The highest BCUT2D eigenvalue weighted by Crippen LogP contribution is 2.09. The minimum Gasteiger partial charge on any atom is -0.355 e. The van der Waals surface area contributed by atoms with Crippen molar-refractivity contribution in [3.8, 4) is 0 Å². The van der Waals surface area contributed by atoms with Gasteiger partial charge in [0.2, 0.25) is 11.8 Å².